The Kier molecular flexibility index (Phi) is 4.51. The van der Waals surface area contributed by atoms with Crippen LogP contribution in [0.15, 0.2) is 53.5 Å². The smallest absolute Gasteiger partial charge is 0.231 e. The fraction of sp³-hybridized carbons (Fsp3) is 0.263. The van der Waals surface area contributed by atoms with Gasteiger partial charge in [-0.3, -0.25) is 9.69 Å². The van der Waals surface area contributed by atoms with Crippen molar-refractivity contribution in [3.8, 4) is 11.1 Å². The van der Waals surface area contributed by atoms with E-state index in [4.69, 9.17) is 11.5 Å². The zero-order valence-corrected chi connectivity index (χ0v) is 13.8. The molecule has 124 valence electrons. The van der Waals surface area contributed by atoms with Crippen LogP contribution < -0.4 is 11.5 Å². The van der Waals surface area contributed by atoms with Crippen LogP contribution in [0, 0.1) is 0 Å². The molecule has 0 saturated carbocycles. The molecule has 3 rings (SSSR count). The summed E-state index contributed by atoms with van der Waals surface area (Å²) in [5, 5.41) is 0. The zero-order valence-electron chi connectivity index (χ0n) is 13.8. The topological polar surface area (TPSA) is 84.7 Å². The maximum absolute atomic E-state index is 11.9. The number of nitrogens with zero attached hydrogens (tertiary/aromatic N) is 2. The van der Waals surface area contributed by atoms with Gasteiger partial charge in [0.2, 0.25) is 5.91 Å². The van der Waals surface area contributed by atoms with Gasteiger partial charge in [-0.05, 0) is 30.0 Å². The number of benzene rings is 2. The molecule has 1 atom stereocenters. The molecule has 1 unspecified atom stereocenters. The van der Waals surface area contributed by atoms with Crippen molar-refractivity contribution in [2.24, 2.45) is 10.7 Å². The van der Waals surface area contributed by atoms with Gasteiger partial charge in [-0.15, -0.1) is 0 Å². The quantitative estimate of drug-likeness (QED) is 0.848. The van der Waals surface area contributed by atoms with E-state index in [2.05, 4.69) is 23.2 Å². The monoisotopic (exact) mass is 322 g/mol. The van der Waals surface area contributed by atoms with Crippen LogP contribution in [0.4, 0.5) is 5.69 Å². The third kappa shape index (κ3) is 3.40. The Labute approximate surface area is 142 Å². The predicted molar refractivity (Wildman–Crippen MR) is 97.4 cm³/mol. The van der Waals surface area contributed by atoms with E-state index in [-0.39, 0.29) is 11.9 Å². The first kappa shape index (κ1) is 16.1. The summed E-state index contributed by atoms with van der Waals surface area (Å²) in [4.78, 5) is 17.7. The Morgan fingerprint density at radius 3 is 2.71 bits per heavy atom. The molecule has 24 heavy (non-hydrogen) atoms. The van der Waals surface area contributed by atoms with E-state index in [1.54, 1.807) is 7.05 Å². The number of hydrogen-bond acceptors (Lipinski definition) is 4. The second kappa shape index (κ2) is 6.74. The highest BCUT2D eigenvalue weighted by Gasteiger charge is 2.24. The van der Waals surface area contributed by atoms with Crippen molar-refractivity contribution >= 4 is 17.6 Å². The fourth-order valence-electron chi connectivity index (χ4n) is 2.94. The SMILES string of the molecule is CN1C(=O)CC(CCc2cccc(-c3ccccc3N)c2)N=C1N. The first-order valence-corrected chi connectivity index (χ1v) is 8.08. The van der Waals surface area contributed by atoms with Gasteiger partial charge in [0, 0.05) is 24.7 Å². The summed E-state index contributed by atoms with van der Waals surface area (Å²) in [6.07, 6.45) is 2.07. The minimum Gasteiger partial charge on any atom is -0.398 e. The molecule has 5 heteroatoms. The maximum Gasteiger partial charge on any atom is 0.231 e. The van der Waals surface area contributed by atoms with Crippen molar-refractivity contribution in [2.45, 2.75) is 25.3 Å². The largest absolute Gasteiger partial charge is 0.398 e. The molecule has 1 amide bonds. The van der Waals surface area contributed by atoms with Gasteiger partial charge in [-0.25, -0.2) is 4.99 Å². The molecule has 0 radical (unpaired) electrons. The molecular formula is C19H22N4O. The number of aryl methyl sites for hydroxylation is 1. The summed E-state index contributed by atoms with van der Waals surface area (Å²) >= 11 is 0. The van der Waals surface area contributed by atoms with E-state index in [0.29, 0.717) is 12.4 Å². The summed E-state index contributed by atoms with van der Waals surface area (Å²) in [6, 6.07) is 16.1. The molecule has 2 aromatic carbocycles. The minimum atomic E-state index is -0.0425. The van der Waals surface area contributed by atoms with Crippen molar-refractivity contribution in [3.63, 3.8) is 0 Å². The Hall–Kier alpha value is -2.82. The maximum atomic E-state index is 11.9. The molecule has 0 fully saturated rings. The van der Waals surface area contributed by atoms with Crippen LogP contribution in [0.1, 0.15) is 18.4 Å². The molecule has 0 aromatic heterocycles. The van der Waals surface area contributed by atoms with Crippen molar-refractivity contribution in [3.05, 3.63) is 54.1 Å². The Morgan fingerprint density at radius 1 is 1.17 bits per heavy atom. The van der Waals surface area contributed by atoms with Crippen molar-refractivity contribution in [2.75, 3.05) is 12.8 Å². The summed E-state index contributed by atoms with van der Waals surface area (Å²) in [6.45, 7) is 0. The van der Waals surface area contributed by atoms with E-state index in [9.17, 15) is 4.79 Å². The van der Waals surface area contributed by atoms with Gasteiger partial charge >= 0.3 is 0 Å². The van der Waals surface area contributed by atoms with Gasteiger partial charge in [0.25, 0.3) is 0 Å². The van der Waals surface area contributed by atoms with Gasteiger partial charge in [-0.1, -0.05) is 42.5 Å². The number of hydrogen-bond donors (Lipinski definition) is 2. The molecule has 1 heterocycles. The van der Waals surface area contributed by atoms with Crippen LogP contribution in [-0.4, -0.2) is 29.9 Å². The lowest BCUT2D eigenvalue weighted by Crippen LogP contribution is -2.44. The van der Waals surface area contributed by atoms with Gasteiger partial charge in [0.15, 0.2) is 5.96 Å². The van der Waals surface area contributed by atoms with E-state index >= 15 is 0 Å². The number of nitrogen functional groups attached to an aromatic ring is 1. The van der Waals surface area contributed by atoms with E-state index < -0.39 is 0 Å². The summed E-state index contributed by atoms with van der Waals surface area (Å²) in [5.74, 6) is 0.334. The highest BCUT2D eigenvalue weighted by atomic mass is 16.2. The van der Waals surface area contributed by atoms with Crippen LogP contribution >= 0.6 is 0 Å². The van der Waals surface area contributed by atoms with Crippen LogP contribution in [-0.2, 0) is 11.2 Å². The molecule has 4 N–H and O–H groups in total. The number of carbonyl (C=O) groups excluding carboxylic acids is 1. The minimum absolute atomic E-state index is 0.0262. The number of rotatable bonds is 4. The second-order valence-electron chi connectivity index (χ2n) is 6.12. The zero-order chi connectivity index (χ0) is 17.1. The third-order valence-electron chi connectivity index (χ3n) is 4.41. The van der Waals surface area contributed by atoms with Crippen molar-refractivity contribution in [1.82, 2.24) is 4.90 Å². The second-order valence-corrected chi connectivity index (χ2v) is 6.12. The average Bonchev–Trinajstić information content (AvgIpc) is 2.58. The number of nitrogens with two attached hydrogens (primary N) is 2. The van der Waals surface area contributed by atoms with Gasteiger partial charge < -0.3 is 11.5 Å². The van der Waals surface area contributed by atoms with Gasteiger partial charge in [-0.2, -0.15) is 0 Å². The van der Waals surface area contributed by atoms with Crippen LogP contribution in [0.5, 0.6) is 0 Å². The molecular weight excluding hydrogens is 300 g/mol. The van der Waals surface area contributed by atoms with Crippen LogP contribution in [0.2, 0.25) is 0 Å². The number of carbonyl (C=O) groups is 1. The van der Waals surface area contributed by atoms with E-state index in [1.807, 2.05) is 30.3 Å². The molecule has 0 bridgehead atoms. The normalized spacial score (nSPS) is 17.7. The number of para-hydroxylation sites is 1. The van der Waals surface area contributed by atoms with E-state index in [0.717, 1.165) is 29.7 Å². The highest BCUT2D eigenvalue weighted by molar-refractivity contribution is 5.98. The van der Waals surface area contributed by atoms with Crippen molar-refractivity contribution in [1.29, 1.82) is 0 Å². The standard InChI is InChI=1S/C19H22N4O/c1-23-18(24)12-15(22-19(23)21)10-9-13-5-4-6-14(11-13)16-7-2-3-8-17(16)20/h2-8,11,15H,9-10,12,20H2,1H3,(H2,21,22). The number of guanidine groups is 1. The van der Waals surface area contributed by atoms with Crippen LogP contribution in [0.3, 0.4) is 0 Å². The lowest BCUT2D eigenvalue weighted by Gasteiger charge is -2.25. The summed E-state index contributed by atoms with van der Waals surface area (Å²) < 4.78 is 0. The Morgan fingerprint density at radius 2 is 1.96 bits per heavy atom. The lowest BCUT2D eigenvalue weighted by molar-refractivity contribution is -0.127. The fourth-order valence-corrected chi connectivity index (χ4v) is 2.94. The number of aliphatic imine (C=N–C) groups is 1. The number of amides is 1. The molecule has 5 nitrogen and oxygen atoms in total. The molecule has 0 aliphatic carbocycles. The third-order valence-corrected chi connectivity index (χ3v) is 4.41. The first-order chi connectivity index (χ1) is 11.5. The molecule has 1 aliphatic rings. The summed E-state index contributed by atoms with van der Waals surface area (Å²) in [5.41, 5.74) is 16.0. The lowest BCUT2D eigenvalue weighted by atomic mass is 9.97. The Balaban J connectivity index is 1.72. The molecule has 0 saturated heterocycles. The first-order valence-electron chi connectivity index (χ1n) is 8.08. The number of anilines is 1. The van der Waals surface area contributed by atoms with Gasteiger partial charge in [0.1, 0.15) is 0 Å². The molecule has 2 aromatic rings. The highest BCUT2D eigenvalue weighted by Crippen LogP contribution is 2.26. The average molecular weight is 322 g/mol. The molecule has 0 spiro atoms. The molecule has 1 aliphatic heterocycles. The van der Waals surface area contributed by atoms with Crippen molar-refractivity contribution < 1.29 is 4.79 Å². The van der Waals surface area contributed by atoms with E-state index in [1.165, 1.54) is 10.5 Å². The predicted octanol–water partition coefficient (Wildman–Crippen LogP) is 2.41. The van der Waals surface area contributed by atoms with Gasteiger partial charge in [0.05, 0.1) is 6.04 Å². The summed E-state index contributed by atoms with van der Waals surface area (Å²) in [7, 11) is 1.66. The van der Waals surface area contributed by atoms with Crippen LogP contribution in [0.25, 0.3) is 11.1 Å². The Bertz CT molecular complexity index is 784.